The number of rotatable bonds is 4. The number of anilines is 2. The maximum Gasteiger partial charge on any atom is 0.125 e. The summed E-state index contributed by atoms with van der Waals surface area (Å²) in [5.41, 5.74) is 4.19. The molecule has 0 aliphatic rings. The zero-order chi connectivity index (χ0) is 13.8. The Bertz CT molecular complexity index is 568. The second-order valence-corrected chi connectivity index (χ2v) is 4.75. The van der Waals surface area contributed by atoms with Gasteiger partial charge in [0.2, 0.25) is 0 Å². The second kappa shape index (κ2) is 6.07. The minimum Gasteiger partial charge on any atom is -0.341 e. The normalized spacial score (nSPS) is 10.5. The summed E-state index contributed by atoms with van der Waals surface area (Å²) in [5.74, 6) is 0.290. The lowest BCUT2D eigenvalue weighted by molar-refractivity contribution is 0.627. The van der Waals surface area contributed by atoms with E-state index in [-0.39, 0.29) is 5.82 Å². The van der Waals surface area contributed by atoms with E-state index < -0.39 is 0 Å². The third-order valence-corrected chi connectivity index (χ3v) is 3.45. The Morgan fingerprint density at radius 3 is 2.53 bits per heavy atom. The first kappa shape index (κ1) is 13.9. The third kappa shape index (κ3) is 3.07. The molecule has 0 bridgehead atoms. The van der Waals surface area contributed by atoms with E-state index >= 15 is 0 Å². The zero-order valence-electron chi connectivity index (χ0n) is 11.2. The average Bonchev–Trinajstić information content (AvgIpc) is 2.41. The van der Waals surface area contributed by atoms with Gasteiger partial charge >= 0.3 is 0 Å². The van der Waals surface area contributed by atoms with Gasteiger partial charge in [0.15, 0.2) is 0 Å². The van der Waals surface area contributed by atoms with Gasteiger partial charge in [0.05, 0.1) is 0 Å². The number of hydrogen-bond donors (Lipinski definition) is 0. The highest BCUT2D eigenvalue weighted by Crippen LogP contribution is 2.29. The standard InChI is InChI=1S/C16H17ClFN/c1-3-19(15-6-4-5-14(18)10-15)16-8-7-13(11-17)9-12(16)2/h4-10H,3,11H2,1-2H3. The van der Waals surface area contributed by atoms with Gasteiger partial charge in [-0.3, -0.25) is 0 Å². The fourth-order valence-electron chi connectivity index (χ4n) is 2.24. The first-order valence-electron chi connectivity index (χ1n) is 6.34. The van der Waals surface area contributed by atoms with Crippen LogP contribution in [0.1, 0.15) is 18.1 Å². The maximum atomic E-state index is 13.4. The van der Waals surface area contributed by atoms with Gasteiger partial charge in [0, 0.05) is 23.8 Å². The molecule has 19 heavy (non-hydrogen) atoms. The van der Waals surface area contributed by atoms with Crippen molar-refractivity contribution < 1.29 is 4.39 Å². The highest BCUT2D eigenvalue weighted by Gasteiger charge is 2.10. The Morgan fingerprint density at radius 2 is 1.95 bits per heavy atom. The molecule has 0 aliphatic heterocycles. The van der Waals surface area contributed by atoms with Gasteiger partial charge in [-0.1, -0.05) is 18.2 Å². The average molecular weight is 278 g/mol. The highest BCUT2D eigenvalue weighted by atomic mass is 35.5. The van der Waals surface area contributed by atoms with Gasteiger partial charge in [0.25, 0.3) is 0 Å². The molecule has 0 amide bonds. The molecule has 100 valence electrons. The molecule has 2 aromatic rings. The van der Waals surface area contributed by atoms with Crippen molar-refractivity contribution in [2.75, 3.05) is 11.4 Å². The molecule has 0 aliphatic carbocycles. The van der Waals surface area contributed by atoms with Crippen molar-refractivity contribution in [3.05, 3.63) is 59.4 Å². The zero-order valence-corrected chi connectivity index (χ0v) is 11.9. The number of nitrogens with zero attached hydrogens (tertiary/aromatic N) is 1. The van der Waals surface area contributed by atoms with Crippen LogP contribution in [-0.4, -0.2) is 6.54 Å². The Hall–Kier alpha value is -1.54. The predicted molar refractivity (Wildman–Crippen MR) is 79.8 cm³/mol. The fourth-order valence-corrected chi connectivity index (χ4v) is 2.41. The summed E-state index contributed by atoms with van der Waals surface area (Å²) < 4.78 is 13.4. The molecular formula is C16H17ClFN. The van der Waals surface area contributed by atoms with E-state index in [9.17, 15) is 4.39 Å². The molecule has 2 rings (SSSR count). The van der Waals surface area contributed by atoms with Crippen LogP contribution in [0, 0.1) is 12.7 Å². The Kier molecular flexibility index (Phi) is 4.43. The van der Waals surface area contributed by atoms with Gasteiger partial charge in [-0.15, -0.1) is 11.6 Å². The molecule has 0 N–H and O–H groups in total. The van der Waals surface area contributed by atoms with E-state index in [2.05, 4.69) is 17.9 Å². The second-order valence-electron chi connectivity index (χ2n) is 4.48. The highest BCUT2D eigenvalue weighted by molar-refractivity contribution is 6.17. The van der Waals surface area contributed by atoms with Gasteiger partial charge in [-0.25, -0.2) is 4.39 Å². The SMILES string of the molecule is CCN(c1cccc(F)c1)c1ccc(CCl)cc1C. The van der Waals surface area contributed by atoms with E-state index in [0.29, 0.717) is 5.88 Å². The van der Waals surface area contributed by atoms with E-state index in [4.69, 9.17) is 11.6 Å². The number of halogens is 2. The summed E-state index contributed by atoms with van der Waals surface area (Å²) >= 11 is 5.84. The van der Waals surface area contributed by atoms with Crippen molar-refractivity contribution in [1.29, 1.82) is 0 Å². The first-order valence-corrected chi connectivity index (χ1v) is 6.87. The van der Waals surface area contributed by atoms with Crippen LogP contribution in [0.25, 0.3) is 0 Å². The first-order chi connectivity index (χ1) is 9.15. The molecule has 3 heteroatoms. The van der Waals surface area contributed by atoms with E-state index in [1.165, 1.54) is 6.07 Å². The number of alkyl halides is 1. The van der Waals surface area contributed by atoms with E-state index in [1.807, 2.05) is 25.1 Å². The van der Waals surface area contributed by atoms with Crippen molar-refractivity contribution in [3.8, 4) is 0 Å². The largest absolute Gasteiger partial charge is 0.341 e. The summed E-state index contributed by atoms with van der Waals surface area (Å²) in [7, 11) is 0. The molecule has 0 atom stereocenters. The molecular weight excluding hydrogens is 261 g/mol. The Morgan fingerprint density at radius 1 is 1.16 bits per heavy atom. The van der Waals surface area contributed by atoms with Gasteiger partial charge in [-0.2, -0.15) is 0 Å². The molecule has 0 saturated heterocycles. The summed E-state index contributed by atoms with van der Waals surface area (Å²) in [6, 6.07) is 12.8. The van der Waals surface area contributed by atoms with Crippen molar-refractivity contribution in [2.24, 2.45) is 0 Å². The van der Waals surface area contributed by atoms with Gasteiger partial charge in [-0.05, 0) is 49.2 Å². The number of benzene rings is 2. The van der Waals surface area contributed by atoms with Crippen LogP contribution in [-0.2, 0) is 5.88 Å². The number of aryl methyl sites for hydroxylation is 1. The minimum absolute atomic E-state index is 0.217. The monoisotopic (exact) mass is 277 g/mol. The van der Waals surface area contributed by atoms with Crippen molar-refractivity contribution >= 4 is 23.0 Å². The van der Waals surface area contributed by atoms with Crippen LogP contribution in [0.3, 0.4) is 0 Å². The molecule has 0 radical (unpaired) electrons. The van der Waals surface area contributed by atoms with Crippen LogP contribution in [0.15, 0.2) is 42.5 Å². The smallest absolute Gasteiger partial charge is 0.125 e. The predicted octanol–water partition coefficient (Wildman–Crippen LogP) is 5.03. The van der Waals surface area contributed by atoms with Crippen LogP contribution in [0.5, 0.6) is 0 Å². The summed E-state index contributed by atoms with van der Waals surface area (Å²) in [6.07, 6.45) is 0. The molecule has 2 aromatic carbocycles. The molecule has 0 heterocycles. The summed E-state index contributed by atoms with van der Waals surface area (Å²) in [4.78, 5) is 2.09. The lowest BCUT2D eigenvalue weighted by atomic mass is 10.1. The topological polar surface area (TPSA) is 3.24 Å². The molecule has 0 spiro atoms. The summed E-state index contributed by atoms with van der Waals surface area (Å²) in [6.45, 7) is 4.89. The Labute approximate surface area is 118 Å². The molecule has 0 aromatic heterocycles. The molecule has 0 unspecified atom stereocenters. The minimum atomic E-state index is -0.217. The van der Waals surface area contributed by atoms with E-state index in [1.54, 1.807) is 12.1 Å². The summed E-state index contributed by atoms with van der Waals surface area (Å²) in [5, 5.41) is 0. The van der Waals surface area contributed by atoms with Crippen LogP contribution < -0.4 is 4.90 Å². The van der Waals surface area contributed by atoms with Gasteiger partial charge in [0.1, 0.15) is 5.82 Å². The van der Waals surface area contributed by atoms with Gasteiger partial charge < -0.3 is 4.90 Å². The van der Waals surface area contributed by atoms with Crippen LogP contribution in [0.4, 0.5) is 15.8 Å². The number of hydrogen-bond acceptors (Lipinski definition) is 1. The van der Waals surface area contributed by atoms with Crippen LogP contribution in [0.2, 0.25) is 0 Å². The Balaban J connectivity index is 2.42. The van der Waals surface area contributed by atoms with E-state index in [0.717, 1.165) is 29.0 Å². The van der Waals surface area contributed by atoms with Crippen LogP contribution >= 0.6 is 11.6 Å². The molecule has 0 saturated carbocycles. The van der Waals surface area contributed by atoms with Crippen molar-refractivity contribution in [3.63, 3.8) is 0 Å². The molecule has 0 fully saturated rings. The third-order valence-electron chi connectivity index (χ3n) is 3.14. The maximum absolute atomic E-state index is 13.4. The lowest BCUT2D eigenvalue weighted by Crippen LogP contribution is -2.17. The van der Waals surface area contributed by atoms with Crippen molar-refractivity contribution in [2.45, 2.75) is 19.7 Å². The quantitative estimate of drug-likeness (QED) is 0.709. The van der Waals surface area contributed by atoms with Crippen molar-refractivity contribution in [1.82, 2.24) is 0 Å². The molecule has 1 nitrogen and oxygen atoms in total. The fraction of sp³-hybridized carbons (Fsp3) is 0.250. The lowest BCUT2D eigenvalue weighted by Gasteiger charge is -2.25.